The van der Waals surface area contributed by atoms with Gasteiger partial charge in [0.15, 0.2) is 6.10 Å². The fraction of sp³-hybridized carbons (Fsp3) is 0.696. The van der Waals surface area contributed by atoms with Crippen molar-refractivity contribution in [2.45, 2.75) is 161 Å². The van der Waals surface area contributed by atoms with Gasteiger partial charge in [0.1, 0.15) is 19.8 Å². The highest BCUT2D eigenvalue weighted by Crippen LogP contribution is 2.43. The van der Waals surface area contributed by atoms with Crippen LogP contribution in [0.15, 0.2) is 72.9 Å². The summed E-state index contributed by atoms with van der Waals surface area (Å²) in [5.74, 6) is -0.921. The fourth-order valence-electron chi connectivity index (χ4n) is 5.42. The van der Waals surface area contributed by atoms with Crippen LogP contribution in [-0.2, 0) is 32.7 Å². The highest BCUT2D eigenvalue weighted by atomic mass is 31.2. The Labute approximate surface area is 347 Å². The van der Waals surface area contributed by atoms with Gasteiger partial charge in [0, 0.05) is 12.8 Å². The molecule has 0 radical (unpaired) electrons. The molecular formula is C46H81NO9P+. The predicted octanol–water partition coefficient (Wildman–Crippen LogP) is 11.2. The summed E-state index contributed by atoms with van der Waals surface area (Å²) in [6.45, 7) is 4.10. The summed E-state index contributed by atoms with van der Waals surface area (Å²) in [7, 11) is 1.40. The lowest BCUT2D eigenvalue weighted by Gasteiger charge is -2.24. The molecule has 10 nitrogen and oxygen atoms in total. The van der Waals surface area contributed by atoms with Gasteiger partial charge in [-0.2, -0.15) is 0 Å². The van der Waals surface area contributed by atoms with E-state index in [2.05, 4.69) is 38.2 Å². The molecule has 0 aromatic rings. The van der Waals surface area contributed by atoms with Gasteiger partial charge < -0.3 is 24.0 Å². The van der Waals surface area contributed by atoms with Crippen LogP contribution >= 0.6 is 7.82 Å². The molecule has 328 valence electrons. The van der Waals surface area contributed by atoms with Crippen molar-refractivity contribution in [3.63, 3.8) is 0 Å². The highest BCUT2D eigenvalue weighted by Gasteiger charge is 2.27. The van der Waals surface area contributed by atoms with E-state index in [4.69, 9.17) is 18.5 Å². The molecule has 57 heavy (non-hydrogen) atoms. The first-order chi connectivity index (χ1) is 27.4. The topological polar surface area (TPSA) is 129 Å². The van der Waals surface area contributed by atoms with Crippen LogP contribution in [0.25, 0.3) is 0 Å². The Kier molecular flexibility index (Phi) is 36.0. The number of phosphoric acid groups is 1. The number of hydrogen-bond acceptors (Lipinski definition) is 8. The number of allylic oxidation sites excluding steroid dienone is 10. The first-order valence-electron chi connectivity index (χ1n) is 21.8. The van der Waals surface area contributed by atoms with Gasteiger partial charge in [-0.3, -0.25) is 18.6 Å². The van der Waals surface area contributed by atoms with Gasteiger partial charge in [-0.15, -0.1) is 0 Å². The maximum atomic E-state index is 12.6. The monoisotopic (exact) mass is 823 g/mol. The van der Waals surface area contributed by atoms with Crippen LogP contribution in [0.5, 0.6) is 0 Å². The van der Waals surface area contributed by atoms with E-state index in [1.807, 2.05) is 63.7 Å². The normalized spacial score (nSPS) is 14.9. The molecule has 2 N–H and O–H groups in total. The predicted molar refractivity (Wildman–Crippen MR) is 235 cm³/mol. The van der Waals surface area contributed by atoms with Crippen molar-refractivity contribution >= 4 is 19.8 Å². The average Bonchev–Trinajstić information content (AvgIpc) is 3.15. The van der Waals surface area contributed by atoms with Crippen molar-refractivity contribution in [1.29, 1.82) is 0 Å². The van der Waals surface area contributed by atoms with E-state index >= 15 is 0 Å². The van der Waals surface area contributed by atoms with Crippen LogP contribution in [0, 0.1) is 0 Å². The number of likely N-dealkylation sites (N-methyl/N-ethyl adjacent to an activating group) is 1. The number of hydrogen-bond donors (Lipinski definition) is 2. The van der Waals surface area contributed by atoms with E-state index < -0.39 is 38.6 Å². The number of aliphatic hydroxyl groups is 1. The number of rotatable bonds is 38. The van der Waals surface area contributed by atoms with Gasteiger partial charge in [0.2, 0.25) is 0 Å². The van der Waals surface area contributed by atoms with Gasteiger partial charge in [0.05, 0.1) is 33.9 Å². The Bertz CT molecular complexity index is 1220. The molecule has 11 heteroatoms. The van der Waals surface area contributed by atoms with Crippen molar-refractivity contribution in [2.75, 3.05) is 47.5 Å². The van der Waals surface area contributed by atoms with Crippen molar-refractivity contribution in [3.05, 3.63) is 72.9 Å². The summed E-state index contributed by atoms with van der Waals surface area (Å²) in [6.07, 6.45) is 42.9. The number of ether oxygens (including phenoxy) is 2. The van der Waals surface area contributed by atoms with Crippen molar-refractivity contribution in [2.24, 2.45) is 0 Å². The second-order valence-electron chi connectivity index (χ2n) is 15.6. The highest BCUT2D eigenvalue weighted by molar-refractivity contribution is 7.47. The Morgan fingerprint density at radius 2 is 1.21 bits per heavy atom. The Balaban J connectivity index is 4.55. The van der Waals surface area contributed by atoms with E-state index in [-0.39, 0.29) is 26.1 Å². The first kappa shape index (κ1) is 54.4. The molecule has 0 heterocycles. The Morgan fingerprint density at radius 3 is 1.79 bits per heavy atom. The molecule has 2 unspecified atom stereocenters. The summed E-state index contributed by atoms with van der Waals surface area (Å²) in [5.41, 5.74) is 0. The van der Waals surface area contributed by atoms with Crippen molar-refractivity contribution in [1.82, 2.24) is 0 Å². The molecule has 0 bridgehead atoms. The number of esters is 2. The summed E-state index contributed by atoms with van der Waals surface area (Å²) in [4.78, 5) is 35.3. The van der Waals surface area contributed by atoms with E-state index in [1.165, 1.54) is 64.2 Å². The number of unbranched alkanes of at least 4 members (excludes halogenated alkanes) is 12. The molecule has 0 amide bonds. The molecule has 0 saturated heterocycles. The number of nitrogens with zero attached hydrogens (tertiary/aromatic N) is 1. The molecule has 0 aromatic heterocycles. The minimum absolute atomic E-state index is 0.00860. The molecule has 0 rings (SSSR count). The van der Waals surface area contributed by atoms with Crippen LogP contribution in [0.2, 0.25) is 0 Å². The Hall–Kier alpha value is -2.59. The van der Waals surface area contributed by atoms with E-state index in [9.17, 15) is 24.2 Å². The number of quaternary nitrogens is 1. The molecule has 0 aliphatic heterocycles. The molecule has 0 aliphatic rings. The molecule has 3 atom stereocenters. The van der Waals surface area contributed by atoms with Crippen molar-refractivity contribution < 1.29 is 47.2 Å². The maximum Gasteiger partial charge on any atom is 0.472 e. The summed E-state index contributed by atoms with van der Waals surface area (Å²) in [6, 6.07) is 0. The van der Waals surface area contributed by atoms with Crippen LogP contribution in [0.4, 0.5) is 0 Å². The first-order valence-corrected chi connectivity index (χ1v) is 23.3. The zero-order valence-corrected chi connectivity index (χ0v) is 37.3. The van der Waals surface area contributed by atoms with Crippen LogP contribution in [-0.4, -0.2) is 86.1 Å². The Morgan fingerprint density at radius 1 is 0.649 bits per heavy atom. The minimum atomic E-state index is -4.40. The molecular weight excluding hydrogens is 741 g/mol. The number of aliphatic hydroxyl groups excluding tert-OH is 1. The van der Waals surface area contributed by atoms with E-state index in [1.54, 1.807) is 6.08 Å². The molecule has 0 fully saturated rings. The smallest absolute Gasteiger partial charge is 0.462 e. The molecule has 0 aliphatic carbocycles. The summed E-state index contributed by atoms with van der Waals surface area (Å²) >= 11 is 0. The summed E-state index contributed by atoms with van der Waals surface area (Å²) in [5, 5.41) is 9.84. The summed E-state index contributed by atoms with van der Waals surface area (Å²) < 4.78 is 34.1. The van der Waals surface area contributed by atoms with E-state index in [0.717, 1.165) is 44.9 Å². The zero-order valence-electron chi connectivity index (χ0n) is 36.4. The number of carbonyl (C=O) groups is 2. The number of phosphoric ester groups is 1. The van der Waals surface area contributed by atoms with Gasteiger partial charge >= 0.3 is 19.8 Å². The maximum absolute atomic E-state index is 12.6. The van der Waals surface area contributed by atoms with Crippen LogP contribution in [0.1, 0.15) is 149 Å². The van der Waals surface area contributed by atoms with Gasteiger partial charge in [-0.25, -0.2) is 4.57 Å². The largest absolute Gasteiger partial charge is 0.472 e. The molecule has 0 aromatic carbocycles. The lowest BCUT2D eigenvalue weighted by atomic mass is 10.0. The number of carbonyl (C=O) groups excluding carboxylic acids is 2. The fourth-order valence-corrected chi connectivity index (χ4v) is 6.16. The minimum Gasteiger partial charge on any atom is -0.462 e. The lowest BCUT2D eigenvalue weighted by Crippen LogP contribution is -2.37. The van der Waals surface area contributed by atoms with Gasteiger partial charge in [0.25, 0.3) is 0 Å². The van der Waals surface area contributed by atoms with Crippen LogP contribution < -0.4 is 0 Å². The third-order valence-electron chi connectivity index (χ3n) is 8.84. The van der Waals surface area contributed by atoms with Crippen molar-refractivity contribution in [3.8, 4) is 0 Å². The standard InChI is InChI=1S/C46H80NO9P/c1-6-8-10-11-12-13-14-16-20-23-26-29-33-37-45(49)53-41-44(42-55-57(51,52)54-40-39-47(3,4)5)56-46(50)38-34-30-27-24-21-18-15-17-19-22-25-28-32-36-43(48)35-31-9-7-2/h9,17-19,21,25,27-28,30-32,36,43-44,48H,6-8,10-16,20,22-24,26,29,33-35,37-42H2,1-5H3/p+1/b19-17-,21-18-,28-25+,30-27-,31-9-,36-32+/t43?,44-/m1/s1. The third kappa shape index (κ3) is 41.4. The third-order valence-corrected chi connectivity index (χ3v) is 9.83. The molecule has 0 saturated carbocycles. The second-order valence-corrected chi connectivity index (χ2v) is 17.0. The second kappa shape index (κ2) is 37.7. The van der Waals surface area contributed by atoms with Gasteiger partial charge in [-0.1, -0.05) is 164 Å². The molecule has 0 spiro atoms. The zero-order chi connectivity index (χ0) is 42.3. The van der Waals surface area contributed by atoms with E-state index in [0.29, 0.717) is 23.9 Å². The average molecular weight is 823 g/mol. The van der Waals surface area contributed by atoms with Gasteiger partial charge in [-0.05, 0) is 44.9 Å². The quantitative estimate of drug-likeness (QED) is 0.0156. The SMILES string of the molecule is CC/C=C\CC(O)/C=C/C=C/C/C=C\C/C=C\C/C=C\CCC(=O)O[C@H](COC(=O)CCCCCCCCCCCCCCC)COP(=O)(O)OCC[N+](C)(C)C. The lowest BCUT2D eigenvalue weighted by molar-refractivity contribution is -0.870. The van der Waals surface area contributed by atoms with Crippen LogP contribution in [0.3, 0.4) is 0 Å².